The SMILES string of the molecule is CCN(C(=O)C(C)OC(=O)c1ccc(C#N)cc1)C1CCS(=O)(=O)C1. The zero-order chi connectivity index (χ0) is 18.6. The molecule has 7 nitrogen and oxygen atoms in total. The lowest BCUT2D eigenvalue weighted by Crippen LogP contribution is -2.46. The average Bonchev–Trinajstić information content (AvgIpc) is 2.95. The second kappa shape index (κ2) is 7.66. The van der Waals surface area contributed by atoms with E-state index < -0.39 is 27.8 Å². The number of amides is 1. The first-order valence-corrected chi connectivity index (χ1v) is 9.81. The van der Waals surface area contributed by atoms with Crippen LogP contribution < -0.4 is 0 Å². The summed E-state index contributed by atoms with van der Waals surface area (Å²) < 4.78 is 28.4. The van der Waals surface area contributed by atoms with E-state index in [9.17, 15) is 18.0 Å². The van der Waals surface area contributed by atoms with Crippen molar-refractivity contribution in [2.75, 3.05) is 18.1 Å². The number of hydrogen-bond acceptors (Lipinski definition) is 6. The number of nitrogens with zero attached hydrogens (tertiary/aromatic N) is 2. The fourth-order valence-corrected chi connectivity index (χ4v) is 4.54. The molecule has 1 fully saturated rings. The van der Waals surface area contributed by atoms with E-state index in [1.54, 1.807) is 6.92 Å². The molecule has 1 aromatic carbocycles. The summed E-state index contributed by atoms with van der Waals surface area (Å²) in [6, 6.07) is 7.47. The van der Waals surface area contributed by atoms with Gasteiger partial charge >= 0.3 is 5.97 Å². The molecule has 0 bridgehead atoms. The van der Waals surface area contributed by atoms with Crippen molar-refractivity contribution in [1.29, 1.82) is 5.26 Å². The molecule has 1 amide bonds. The summed E-state index contributed by atoms with van der Waals surface area (Å²) in [4.78, 5) is 26.1. The molecule has 0 aliphatic carbocycles. The third-order valence-corrected chi connectivity index (χ3v) is 5.90. The van der Waals surface area contributed by atoms with Gasteiger partial charge in [-0.2, -0.15) is 5.26 Å². The number of esters is 1. The van der Waals surface area contributed by atoms with Gasteiger partial charge in [0.15, 0.2) is 15.9 Å². The maximum atomic E-state index is 12.6. The van der Waals surface area contributed by atoms with Crippen LogP contribution in [0.3, 0.4) is 0 Å². The molecule has 25 heavy (non-hydrogen) atoms. The molecule has 2 rings (SSSR count). The van der Waals surface area contributed by atoms with E-state index in [0.29, 0.717) is 18.5 Å². The minimum Gasteiger partial charge on any atom is -0.449 e. The van der Waals surface area contributed by atoms with Gasteiger partial charge in [0.05, 0.1) is 28.7 Å². The minimum atomic E-state index is -3.11. The Balaban J connectivity index is 2.02. The Hall–Kier alpha value is -2.40. The summed E-state index contributed by atoms with van der Waals surface area (Å²) >= 11 is 0. The van der Waals surface area contributed by atoms with Crippen LogP contribution in [0.4, 0.5) is 0 Å². The van der Waals surface area contributed by atoms with Crippen LogP contribution in [0, 0.1) is 11.3 Å². The molecule has 0 aromatic heterocycles. The Morgan fingerprint density at radius 2 is 2.00 bits per heavy atom. The molecule has 8 heteroatoms. The van der Waals surface area contributed by atoms with Gasteiger partial charge in [0, 0.05) is 12.6 Å². The van der Waals surface area contributed by atoms with Crippen LogP contribution in [0.25, 0.3) is 0 Å². The van der Waals surface area contributed by atoms with Crippen molar-refractivity contribution < 1.29 is 22.7 Å². The van der Waals surface area contributed by atoms with Gasteiger partial charge in [-0.15, -0.1) is 0 Å². The number of benzene rings is 1. The lowest BCUT2D eigenvalue weighted by Gasteiger charge is -2.29. The highest BCUT2D eigenvalue weighted by molar-refractivity contribution is 7.91. The van der Waals surface area contributed by atoms with Crippen molar-refractivity contribution in [2.24, 2.45) is 0 Å². The minimum absolute atomic E-state index is 0.0527. The van der Waals surface area contributed by atoms with Crippen molar-refractivity contribution in [3.63, 3.8) is 0 Å². The smallest absolute Gasteiger partial charge is 0.338 e. The normalized spacial score (nSPS) is 19.6. The second-order valence-electron chi connectivity index (χ2n) is 5.92. The van der Waals surface area contributed by atoms with Crippen LogP contribution in [0.2, 0.25) is 0 Å². The van der Waals surface area contributed by atoms with Crippen LogP contribution in [0.1, 0.15) is 36.2 Å². The number of ether oxygens (including phenoxy) is 1. The van der Waals surface area contributed by atoms with Crippen molar-refractivity contribution >= 4 is 21.7 Å². The predicted octanol–water partition coefficient (Wildman–Crippen LogP) is 1.14. The Labute approximate surface area is 147 Å². The molecule has 1 aliphatic rings. The topological polar surface area (TPSA) is 105 Å². The summed E-state index contributed by atoms with van der Waals surface area (Å²) in [5.74, 6) is -1.06. The number of sulfone groups is 1. The molecule has 0 N–H and O–H groups in total. The highest BCUT2D eigenvalue weighted by atomic mass is 32.2. The highest BCUT2D eigenvalue weighted by Crippen LogP contribution is 2.19. The van der Waals surface area contributed by atoms with Crippen LogP contribution in [-0.4, -0.2) is 55.4 Å². The van der Waals surface area contributed by atoms with Crippen LogP contribution in [0.15, 0.2) is 24.3 Å². The lowest BCUT2D eigenvalue weighted by molar-refractivity contribution is -0.141. The first-order chi connectivity index (χ1) is 11.8. The largest absolute Gasteiger partial charge is 0.449 e. The maximum Gasteiger partial charge on any atom is 0.338 e. The van der Waals surface area contributed by atoms with Crippen molar-refractivity contribution in [1.82, 2.24) is 4.90 Å². The summed E-state index contributed by atoms with van der Waals surface area (Å²) in [7, 11) is -3.11. The van der Waals surface area contributed by atoms with E-state index in [-0.39, 0.29) is 23.1 Å². The fraction of sp³-hybridized carbons (Fsp3) is 0.471. The van der Waals surface area contributed by atoms with Gasteiger partial charge in [-0.25, -0.2) is 13.2 Å². The summed E-state index contributed by atoms with van der Waals surface area (Å²) in [6.45, 7) is 3.58. The molecule has 134 valence electrons. The molecule has 0 spiro atoms. The van der Waals surface area contributed by atoms with E-state index in [2.05, 4.69) is 0 Å². The average molecular weight is 364 g/mol. The lowest BCUT2D eigenvalue weighted by atomic mass is 10.1. The van der Waals surface area contributed by atoms with Crippen LogP contribution in [-0.2, 0) is 19.4 Å². The summed E-state index contributed by atoms with van der Waals surface area (Å²) in [5, 5.41) is 8.76. The third kappa shape index (κ3) is 4.57. The molecule has 1 heterocycles. The van der Waals surface area contributed by atoms with Gasteiger partial charge < -0.3 is 9.64 Å². The molecule has 2 unspecified atom stereocenters. The van der Waals surface area contributed by atoms with E-state index in [1.165, 1.54) is 36.1 Å². The second-order valence-corrected chi connectivity index (χ2v) is 8.15. The molecule has 1 saturated heterocycles. The molecule has 1 aliphatic heterocycles. The Bertz CT molecular complexity index is 795. The fourth-order valence-electron chi connectivity index (χ4n) is 2.81. The number of hydrogen-bond donors (Lipinski definition) is 0. The highest BCUT2D eigenvalue weighted by Gasteiger charge is 2.36. The number of carbonyl (C=O) groups excluding carboxylic acids is 2. The summed E-state index contributed by atoms with van der Waals surface area (Å²) in [5.41, 5.74) is 0.658. The van der Waals surface area contributed by atoms with Crippen molar-refractivity contribution in [3.8, 4) is 6.07 Å². The standard InChI is InChI=1S/C17H20N2O5S/c1-3-19(15-8-9-25(22,23)11-15)16(20)12(2)24-17(21)14-6-4-13(10-18)5-7-14/h4-7,12,15H,3,8-9,11H2,1-2H3. The monoisotopic (exact) mass is 364 g/mol. The first kappa shape index (κ1) is 18.9. The number of carbonyl (C=O) groups is 2. The van der Waals surface area contributed by atoms with Gasteiger partial charge in [-0.1, -0.05) is 0 Å². The predicted molar refractivity (Wildman–Crippen MR) is 90.5 cm³/mol. The van der Waals surface area contributed by atoms with Crippen molar-refractivity contribution in [2.45, 2.75) is 32.4 Å². The van der Waals surface area contributed by atoms with Crippen molar-refractivity contribution in [3.05, 3.63) is 35.4 Å². The van der Waals surface area contributed by atoms with E-state index >= 15 is 0 Å². The van der Waals surface area contributed by atoms with Gasteiger partial charge in [0.1, 0.15) is 0 Å². The van der Waals surface area contributed by atoms with E-state index in [0.717, 1.165) is 0 Å². The zero-order valence-electron chi connectivity index (χ0n) is 14.1. The van der Waals surface area contributed by atoms with Gasteiger partial charge in [0.2, 0.25) is 0 Å². The summed E-state index contributed by atoms with van der Waals surface area (Å²) in [6.07, 6.45) is -0.621. The van der Waals surface area contributed by atoms with Gasteiger partial charge in [-0.3, -0.25) is 4.79 Å². The van der Waals surface area contributed by atoms with Crippen LogP contribution >= 0.6 is 0 Å². The zero-order valence-corrected chi connectivity index (χ0v) is 15.0. The molecule has 2 atom stereocenters. The Kier molecular flexibility index (Phi) is 5.80. The third-order valence-electron chi connectivity index (χ3n) is 4.15. The molecule has 0 saturated carbocycles. The Morgan fingerprint density at radius 3 is 2.48 bits per heavy atom. The van der Waals surface area contributed by atoms with E-state index in [4.69, 9.17) is 10.00 Å². The van der Waals surface area contributed by atoms with Gasteiger partial charge in [0.25, 0.3) is 5.91 Å². The molecular weight excluding hydrogens is 344 g/mol. The Morgan fingerprint density at radius 1 is 1.36 bits per heavy atom. The van der Waals surface area contributed by atoms with E-state index in [1.807, 2.05) is 6.07 Å². The number of nitriles is 1. The molecule has 1 aromatic rings. The molecule has 0 radical (unpaired) electrons. The quantitative estimate of drug-likeness (QED) is 0.726. The first-order valence-electron chi connectivity index (χ1n) is 7.99. The number of likely N-dealkylation sites (N-methyl/N-ethyl adjacent to an activating group) is 1. The van der Waals surface area contributed by atoms with Gasteiger partial charge in [-0.05, 0) is 44.5 Å². The number of rotatable bonds is 5. The maximum absolute atomic E-state index is 12.6. The molecular formula is C17H20N2O5S. The van der Waals surface area contributed by atoms with Crippen LogP contribution in [0.5, 0.6) is 0 Å².